The number of rotatable bonds is 63. The Morgan fingerprint density at radius 1 is 0.360 bits per heavy atom. The zero-order valence-corrected chi connectivity index (χ0v) is 57.0. The Bertz CT molecular complexity index is 1790. The van der Waals surface area contributed by atoms with Crippen molar-refractivity contribution in [1.82, 2.24) is 0 Å². The van der Waals surface area contributed by atoms with Gasteiger partial charge >= 0.3 is 39.5 Å². The monoisotopic (exact) mass is 1260 g/mol. The van der Waals surface area contributed by atoms with Gasteiger partial charge in [0.05, 0.1) is 26.4 Å². The van der Waals surface area contributed by atoms with Crippen LogP contribution in [0.5, 0.6) is 0 Å². The molecule has 86 heavy (non-hydrogen) atoms. The van der Waals surface area contributed by atoms with Crippen LogP contribution in [0.1, 0.15) is 305 Å². The summed E-state index contributed by atoms with van der Waals surface area (Å²) in [6.07, 6.45) is 42.8. The van der Waals surface area contributed by atoms with Crippen LogP contribution >= 0.6 is 15.6 Å². The number of carbonyl (C=O) groups excluding carboxylic acids is 4. The van der Waals surface area contributed by atoms with Crippen LogP contribution in [0.25, 0.3) is 0 Å². The highest BCUT2D eigenvalue weighted by molar-refractivity contribution is 7.47. The molecule has 0 amide bonds. The highest BCUT2D eigenvalue weighted by Gasteiger charge is 2.30. The van der Waals surface area contributed by atoms with Gasteiger partial charge in [-0.3, -0.25) is 37.3 Å². The lowest BCUT2D eigenvalue weighted by Gasteiger charge is -2.21. The molecule has 0 aromatic carbocycles. The number of esters is 4. The maximum absolute atomic E-state index is 13.0. The number of ether oxygens (including phenoxy) is 4. The summed E-state index contributed by atoms with van der Waals surface area (Å²) in [7, 11) is -9.91. The highest BCUT2D eigenvalue weighted by atomic mass is 31.2. The number of hydrogen-bond donors (Lipinski definition) is 3. The molecular formula is C67H126O17P2. The zero-order chi connectivity index (χ0) is 63.8. The Balaban J connectivity index is 5.28. The van der Waals surface area contributed by atoms with Gasteiger partial charge in [-0.2, -0.15) is 0 Å². The molecule has 0 heterocycles. The first-order valence-corrected chi connectivity index (χ1v) is 37.2. The molecule has 17 nitrogen and oxygen atoms in total. The van der Waals surface area contributed by atoms with E-state index in [1.807, 2.05) is 0 Å². The van der Waals surface area contributed by atoms with E-state index in [4.69, 9.17) is 37.0 Å². The third-order valence-electron chi connectivity index (χ3n) is 14.8. The van der Waals surface area contributed by atoms with Crippen molar-refractivity contribution in [2.45, 2.75) is 324 Å². The molecule has 0 aromatic rings. The first-order chi connectivity index (χ1) is 41.2. The number of aliphatic hydroxyl groups is 1. The fraction of sp³-hybridized carbons (Fsp3) is 0.881. The van der Waals surface area contributed by atoms with E-state index in [-0.39, 0.29) is 25.7 Å². The van der Waals surface area contributed by atoms with Crippen molar-refractivity contribution in [1.29, 1.82) is 0 Å². The van der Waals surface area contributed by atoms with Crippen LogP contribution in [0.3, 0.4) is 0 Å². The van der Waals surface area contributed by atoms with Gasteiger partial charge in [0.15, 0.2) is 12.2 Å². The minimum absolute atomic E-state index is 0.0835. The smallest absolute Gasteiger partial charge is 0.462 e. The van der Waals surface area contributed by atoms with Crippen LogP contribution in [0, 0.1) is 17.8 Å². The third-order valence-corrected chi connectivity index (χ3v) is 16.7. The lowest BCUT2D eigenvalue weighted by atomic mass is 10.0. The fourth-order valence-corrected chi connectivity index (χ4v) is 11.0. The molecule has 0 spiro atoms. The van der Waals surface area contributed by atoms with Gasteiger partial charge in [-0.15, -0.1) is 0 Å². The molecule has 3 N–H and O–H groups in total. The van der Waals surface area contributed by atoms with Crippen LogP contribution in [0.2, 0.25) is 0 Å². The van der Waals surface area contributed by atoms with Gasteiger partial charge in [0.2, 0.25) is 0 Å². The number of carbonyl (C=O) groups is 4. The molecule has 0 rings (SSSR count). The zero-order valence-electron chi connectivity index (χ0n) is 55.3. The van der Waals surface area contributed by atoms with Crippen LogP contribution in [-0.4, -0.2) is 96.7 Å². The second-order valence-corrected chi connectivity index (χ2v) is 27.9. The number of phosphoric ester groups is 2. The molecule has 0 aliphatic rings. The quantitative estimate of drug-likeness (QED) is 0.0169. The van der Waals surface area contributed by atoms with Crippen molar-refractivity contribution in [2.24, 2.45) is 17.8 Å². The van der Waals surface area contributed by atoms with E-state index < -0.39 is 97.5 Å². The highest BCUT2D eigenvalue weighted by Crippen LogP contribution is 2.45. The minimum Gasteiger partial charge on any atom is -0.462 e. The van der Waals surface area contributed by atoms with Crippen molar-refractivity contribution in [3.8, 4) is 0 Å². The van der Waals surface area contributed by atoms with Crippen molar-refractivity contribution >= 4 is 39.5 Å². The number of allylic oxidation sites excluding steroid dienone is 4. The van der Waals surface area contributed by atoms with Gasteiger partial charge in [0.1, 0.15) is 19.3 Å². The lowest BCUT2D eigenvalue weighted by molar-refractivity contribution is -0.161. The Labute approximate surface area is 522 Å². The average Bonchev–Trinajstić information content (AvgIpc) is 3.60. The maximum atomic E-state index is 13.0. The number of aliphatic hydroxyl groups excluding tert-OH is 1. The topological polar surface area (TPSA) is 237 Å². The Morgan fingerprint density at radius 3 is 0.942 bits per heavy atom. The maximum Gasteiger partial charge on any atom is 0.472 e. The summed E-state index contributed by atoms with van der Waals surface area (Å²) in [6, 6.07) is 0. The summed E-state index contributed by atoms with van der Waals surface area (Å²) in [4.78, 5) is 72.3. The normalized spacial score (nSPS) is 14.5. The first-order valence-electron chi connectivity index (χ1n) is 34.2. The Morgan fingerprint density at radius 2 is 0.628 bits per heavy atom. The van der Waals surface area contributed by atoms with E-state index >= 15 is 0 Å². The van der Waals surface area contributed by atoms with E-state index in [2.05, 4.69) is 72.8 Å². The van der Waals surface area contributed by atoms with E-state index in [1.54, 1.807) is 0 Å². The molecule has 0 radical (unpaired) electrons. The van der Waals surface area contributed by atoms with Crippen molar-refractivity contribution in [3.05, 3.63) is 24.3 Å². The van der Waals surface area contributed by atoms with E-state index in [0.29, 0.717) is 37.5 Å². The van der Waals surface area contributed by atoms with Gasteiger partial charge in [-0.05, 0) is 69.1 Å². The second kappa shape index (κ2) is 57.7. The SMILES string of the molecule is CCCCCC/C=C\C=C/CCCCCCCC(=O)O[C@H](COC(=O)CCCCCCCCCC(C)C)COP(=O)(O)OCC(O)COP(=O)(O)OC[C@@H](COC(=O)CCCCCCCCC(C)C)OC(=O)CCCCCCCCCCCC(C)C. The Kier molecular flexibility index (Phi) is 56.0. The van der Waals surface area contributed by atoms with Gasteiger partial charge in [0, 0.05) is 25.7 Å². The minimum atomic E-state index is -4.96. The molecule has 0 saturated heterocycles. The number of hydrogen-bond acceptors (Lipinski definition) is 15. The lowest BCUT2D eigenvalue weighted by Crippen LogP contribution is -2.30. The molecule has 0 aromatic heterocycles. The molecule has 0 aliphatic heterocycles. The average molecular weight is 1270 g/mol. The molecule has 0 saturated carbocycles. The molecule has 0 bridgehead atoms. The van der Waals surface area contributed by atoms with Gasteiger partial charge in [-0.25, -0.2) is 9.13 Å². The molecule has 3 unspecified atom stereocenters. The van der Waals surface area contributed by atoms with E-state index in [0.717, 1.165) is 121 Å². The molecule has 19 heteroatoms. The fourth-order valence-electron chi connectivity index (χ4n) is 9.47. The van der Waals surface area contributed by atoms with E-state index in [9.17, 15) is 43.2 Å². The van der Waals surface area contributed by atoms with Crippen molar-refractivity contribution in [2.75, 3.05) is 39.6 Å². The third kappa shape index (κ3) is 60.5. The first kappa shape index (κ1) is 83.5. The van der Waals surface area contributed by atoms with Gasteiger partial charge < -0.3 is 33.8 Å². The summed E-state index contributed by atoms with van der Waals surface area (Å²) in [5.74, 6) is -0.0511. The largest absolute Gasteiger partial charge is 0.472 e. The molecule has 0 fully saturated rings. The molecule has 5 atom stereocenters. The molecule has 506 valence electrons. The number of unbranched alkanes of at least 4 members (excludes halogenated alkanes) is 28. The van der Waals surface area contributed by atoms with E-state index in [1.165, 1.54) is 89.9 Å². The predicted octanol–water partition coefficient (Wildman–Crippen LogP) is 18.2. The van der Waals surface area contributed by atoms with Crippen molar-refractivity contribution in [3.63, 3.8) is 0 Å². The Hall–Kier alpha value is -2.46. The number of phosphoric acid groups is 2. The summed E-state index contributed by atoms with van der Waals surface area (Å²) < 4.78 is 68.0. The standard InChI is InChI=1S/C67H126O17P2/c1-8-9-10-11-12-13-14-15-16-17-18-21-26-36-43-50-66(71)83-62(54-77-64(69)48-41-34-28-23-25-32-39-46-59(4)5)56-81-85(73,74)79-52-61(68)53-80-86(75,76)82-57-63(55-78-65(70)49-42-35-30-29-33-40-47-60(6)7)84-67(72)51-44-37-27-22-19-20-24-31-38-45-58(2)3/h13-16,58-63,68H,8-12,17-57H2,1-7H3,(H,73,74)(H,75,76)/b14-13-,16-15-/t61?,62-,63-/m1/s1. The van der Waals surface area contributed by atoms with Crippen LogP contribution < -0.4 is 0 Å². The van der Waals surface area contributed by atoms with Crippen LogP contribution in [-0.2, 0) is 65.4 Å². The summed E-state index contributed by atoms with van der Waals surface area (Å²) in [5, 5.41) is 10.5. The van der Waals surface area contributed by atoms with Crippen LogP contribution in [0.15, 0.2) is 24.3 Å². The second-order valence-electron chi connectivity index (χ2n) is 25.0. The molecular weight excluding hydrogens is 1140 g/mol. The van der Waals surface area contributed by atoms with Gasteiger partial charge in [-0.1, -0.05) is 253 Å². The van der Waals surface area contributed by atoms with Crippen LogP contribution in [0.4, 0.5) is 0 Å². The van der Waals surface area contributed by atoms with Crippen molar-refractivity contribution < 1.29 is 80.2 Å². The summed E-state index contributed by atoms with van der Waals surface area (Å²) in [6.45, 7) is 11.6. The van der Waals surface area contributed by atoms with Gasteiger partial charge in [0.25, 0.3) is 0 Å². The summed E-state index contributed by atoms with van der Waals surface area (Å²) >= 11 is 0. The summed E-state index contributed by atoms with van der Waals surface area (Å²) in [5.41, 5.74) is 0. The molecule has 0 aliphatic carbocycles. The predicted molar refractivity (Wildman–Crippen MR) is 344 cm³/mol.